The number of nitrogens with zero attached hydrogens (tertiary/aromatic N) is 4. The van der Waals surface area contributed by atoms with Gasteiger partial charge in [-0.2, -0.15) is 0 Å². The van der Waals surface area contributed by atoms with E-state index in [1.807, 2.05) is 6.07 Å². The maximum Gasteiger partial charge on any atom is 0.341 e. The summed E-state index contributed by atoms with van der Waals surface area (Å²) in [5.41, 5.74) is 3.08. The van der Waals surface area contributed by atoms with Crippen molar-refractivity contribution in [2.24, 2.45) is 0 Å². The van der Waals surface area contributed by atoms with Crippen LogP contribution in [0.15, 0.2) is 48.9 Å². The number of imidazole rings is 1. The lowest BCUT2D eigenvalue weighted by Crippen LogP contribution is -2.31. The molecule has 8 heteroatoms. The molecule has 4 aromatic rings. The summed E-state index contributed by atoms with van der Waals surface area (Å²) >= 11 is 0. The monoisotopic (exact) mass is 415 g/mol. The molecule has 31 heavy (non-hydrogen) atoms. The lowest BCUT2D eigenvalue weighted by atomic mass is 9.75. The number of pyridine rings is 1. The molecule has 2 aliphatic rings. The van der Waals surface area contributed by atoms with Gasteiger partial charge < -0.3 is 9.72 Å². The Hall–Kier alpha value is -3.68. The first-order chi connectivity index (χ1) is 15.1. The zero-order valence-corrected chi connectivity index (χ0v) is 16.5. The normalized spacial score (nSPS) is 22.6. The number of carbonyl (C=O) groups is 1. The smallest absolute Gasteiger partial charge is 0.341 e. The number of aromatic nitrogens is 5. The standard InChI is InChI=1S/C23H18FN5O2/c24-15-3-1-13(2-4-15)19-26-12-18-21(28-19)29-20(27-18)14-5-8-23(9-6-14)17-7-10-25-11-16(17)22(30)31-23/h1-4,7,10-12,14H,5-6,8-9H2,(H,26,27,28,29)/t14-,23-. The van der Waals surface area contributed by atoms with Crippen molar-refractivity contribution in [1.82, 2.24) is 24.9 Å². The van der Waals surface area contributed by atoms with Crippen LogP contribution < -0.4 is 0 Å². The largest absolute Gasteiger partial charge is 0.451 e. The van der Waals surface area contributed by atoms with E-state index in [4.69, 9.17) is 9.72 Å². The molecule has 0 radical (unpaired) electrons. The van der Waals surface area contributed by atoms with Gasteiger partial charge in [-0.1, -0.05) is 0 Å². The Balaban J connectivity index is 1.25. The van der Waals surface area contributed by atoms with E-state index < -0.39 is 5.60 Å². The van der Waals surface area contributed by atoms with E-state index in [9.17, 15) is 9.18 Å². The van der Waals surface area contributed by atoms with Crippen molar-refractivity contribution in [2.75, 3.05) is 0 Å². The van der Waals surface area contributed by atoms with Crippen molar-refractivity contribution in [3.8, 4) is 11.4 Å². The van der Waals surface area contributed by atoms with Crippen molar-refractivity contribution in [1.29, 1.82) is 0 Å². The molecule has 1 spiro atoms. The number of rotatable bonds is 2. The molecular weight excluding hydrogens is 397 g/mol. The van der Waals surface area contributed by atoms with Crippen LogP contribution >= 0.6 is 0 Å². The van der Waals surface area contributed by atoms with Crippen LogP contribution in [-0.4, -0.2) is 30.9 Å². The lowest BCUT2D eigenvalue weighted by Gasteiger charge is -2.35. The predicted octanol–water partition coefficient (Wildman–Crippen LogP) is 4.28. The molecule has 7 nitrogen and oxygen atoms in total. The number of H-pyrrole nitrogens is 1. The maximum absolute atomic E-state index is 13.2. The molecule has 154 valence electrons. The Morgan fingerprint density at radius 2 is 1.87 bits per heavy atom. The highest BCUT2D eigenvalue weighted by atomic mass is 19.1. The molecule has 4 heterocycles. The van der Waals surface area contributed by atoms with Crippen LogP contribution in [0.5, 0.6) is 0 Å². The fourth-order valence-corrected chi connectivity index (χ4v) is 4.73. The minimum absolute atomic E-state index is 0.221. The van der Waals surface area contributed by atoms with Crippen molar-refractivity contribution in [2.45, 2.75) is 37.2 Å². The van der Waals surface area contributed by atoms with Gasteiger partial charge in [0.2, 0.25) is 0 Å². The fourth-order valence-electron chi connectivity index (χ4n) is 4.73. The first-order valence-electron chi connectivity index (χ1n) is 10.3. The van der Waals surface area contributed by atoms with Gasteiger partial charge in [-0.25, -0.2) is 24.1 Å². The van der Waals surface area contributed by atoms with E-state index in [0.717, 1.165) is 48.2 Å². The Bertz CT molecular complexity index is 1310. The molecule has 0 atom stereocenters. The van der Waals surface area contributed by atoms with E-state index in [1.54, 1.807) is 30.7 Å². The van der Waals surface area contributed by atoms with Crippen LogP contribution in [0.2, 0.25) is 0 Å². The zero-order valence-electron chi connectivity index (χ0n) is 16.5. The molecule has 1 fully saturated rings. The number of benzene rings is 1. The highest BCUT2D eigenvalue weighted by Gasteiger charge is 2.48. The van der Waals surface area contributed by atoms with Gasteiger partial charge in [-0.15, -0.1) is 0 Å². The fraction of sp³-hybridized carbons (Fsp3) is 0.261. The number of esters is 1. The molecular formula is C23H18FN5O2. The second-order valence-corrected chi connectivity index (χ2v) is 8.14. The van der Waals surface area contributed by atoms with Crippen LogP contribution in [0.25, 0.3) is 22.6 Å². The van der Waals surface area contributed by atoms with Gasteiger partial charge >= 0.3 is 5.97 Å². The minimum Gasteiger partial charge on any atom is -0.451 e. The first-order valence-corrected chi connectivity index (χ1v) is 10.3. The summed E-state index contributed by atoms with van der Waals surface area (Å²) in [5.74, 6) is 1.02. The Kier molecular flexibility index (Phi) is 3.89. The van der Waals surface area contributed by atoms with Crippen LogP contribution in [0.3, 0.4) is 0 Å². The number of hydrogen-bond acceptors (Lipinski definition) is 6. The number of carbonyl (C=O) groups excluding carboxylic acids is 1. The van der Waals surface area contributed by atoms with Crippen molar-refractivity contribution in [3.05, 3.63) is 71.7 Å². The number of nitrogens with one attached hydrogen (secondary N) is 1. The second kappa shape index (κ2) is 6.66. The van der Waals surface area contributed by atoms with Crippen LogP contribution in [0.4, 0.5) is 4.39 Å². The Morgan fingerprint density at radius 3 is 2.68 bits per heavy atom. The van der Waals surface area contributed by atoms with Gasteiger partial charge in [0.15, 0.2) is 11.5 Å². The van der Waals surface area contributed by atoms with Crippen molar-refractivity contribution < 1.29 is 13.9 Å². The van der Waals surface area contributed by atoms with Crippen LogP contribution in [0, 0.1) is 5.82 Å². The summed E-state index contributed by atoms with van der Waals surface area (Å²) in [6.45, 7) is 0. The third kappa shape index (κ3) is 2.90. The number of hydrogen-bond donors (Lipinski definition) is 1. The molecule has 0 saturated heterocycles. The predicted molar refractivity (Wildman–Crippen MR) is 110 cm³/mol. The molecule has 1 N–H and O–H groups in total. The maximum atomic E-state index is 13.2. The van der Waals surface area contributed by atoms with Gasteiger partial charge in [0, 0.05) is 29.4 Å². The van der Waals surface area contributed by atoms with E-state index >= 15 is 0 Å². The molecule has 3 aromatic heterocycles. The molecule has 1 saturated carbocycles. The third-order valence-electron chi connectivity index (χ3n) is 6.36. The summed E-state index contributed by atoms with van der Waals surface area (Å²) in [6.07, 6.45) is 8.18. The highest BCUT2D eigenvalue weighted by Crippen LogP contribution is 2.49. The summed E-state index contributed by atoms with van der Waals surface area (Å²) in [5, 5.41) is 0. The topological polar surface area (TPSA) is 93.6 Å². The Labute approximate surface area is 176 Å². The number of halogens is 1. The lowest BCUT2D eigenvalue weighted by molar-refractivity contribution is -0.0312. The van der Waals surface area contributed by atoms with Crippen molar-refractivity contribution >= 4 is 17.1 Å². The quantitative estimate of drug-likeness (QED) is 0.491. The summed E-state index contributed by atoms with van der Waals surface area (Å²) in [7, 11) is 0. The van der Waals surface area contributed by atoms with E-state index in [2.05, 4.69) is 19.9 Å². The number of fused-ring (bicyclic) bond motifs is 3. The van der Waals surface area contributed by atoms with Crippen LogP contribution in [0.1, 0.15) is 53.3 Å². The SMILES string of the molecule is O=C1O[C@]2(CC[C@H](c3nc4nc(-c5ccc(F)cc5)ncc4[nH]3)CC2)c2ccncc21. The molecule has 1 aromatic carbocycles. The van der Waals surface area contributed by atoms with E-state index in [1.165, 1.54) is 12.1 Å². The average molecular weight is 415 g/mol. The number of aromatic amines is 1. The molecule has 1 aliphatic heterocycles. The summed E-state index contributed by atoms with van der Waals surface area (Å²) in [6, 6.07) is 7.98. The minimum atomic E-state index is -0.548. The van der Waals surface area contributed by atoms with Gasteiger partial charge in [0.1, 0.15) is 22.8 Å². The third-order valence-corrected chi connectivity index (χ3v) is 6.36. The molecule has 1 aliphatic carbocycles. The van der Waals surface area contributed by atoms with Gasteiger partial charge in [0.05, 0.1) is 11.8 Å². The average Bonchev–Trinajstić information content (AvgIpc) is 3.34. The second-order valence-electron chi connectivity index (χ2n) is 8.14. The zero-order chi connectivity index (χ0) is 21.0. The molecule has 0 bridgehead atoms. The van der Waals surface area contributed by atoms with Crippen molar-refractivity contribution in [3.63, 3.8) is 0 Å². The number of ether oxygens (including phenoxy) is 1. The Morgan fingerprint density at radius 1 is 1.06 bits per heavy atom. The van der Waals surface area contributed by atoms with E-state index in [0.29, 0.717) is 17.0 Å². The molecule has 0 unspecified atom stereocenters. The highest BCUT2D eigenvalue weighted by molar-refractivity contribution is 5.94. The van der Waals surface area contributed by atoms with Gasteiger partial charge in [0.25, 0.3) is 0 Å². The molecule has 6 rings (SSSR count). The first kappa shape index (κ1) is 18.1. The van der Waals surface area contributed by atoms with E-state index in [-0.39, 0.29) is 17.7 Å². The van der Waals surface area contributed by atoms with Crippen LogP contribution in [-0.2, 0) is 10.3 Å². The molecule has 0 amide bonds. The van der Waals surface area contributed by atoms with Gasteiger partial charge in [-0.3, -0.25) is 4.98 Å². The summed E-state index contributed by atoms with van der Waals surface area (Å²) < 4.78 is 19.0. The van der Waals surface area contributed by atoms with Gasteiger partial charge in [-0.05, 0) is 56.0 Å². The summed E-state index contributed by atoms with van der Waals surface area (Å²) in [4.78, 5) is 33.3.